The highest BCUT2D eigenvalue weighted by Crippen LogP contribution is 2.10. The highest BCUT2D eigenvalue weighted by molar-refractivity contribution is 5.92. The van der Waals surface area contributed by atoms with Gasteiger partial charge in [-0.05, 0) is 29.8 Å². The van der Waals surface area contributed by atoms with Crippen LogP contribution in [-0.4, -0.2) is 61.3 Å². The molecule has 0 spiro atoms. The van der Waals surface area contributed by atoms with Crippen molar-refractivity contribution in [3.8, 4) is 11.8 Å². The van der Waals surface area contributed by atoms with Crippen LogP contribution in [0.2, 0.25) is 0 Å². The fourth-order valence-corrected chi connectivity index (χ4v) is 3.36. The first-order chi connectivity index (χ1) is 14.2. The quantitative estimate of drug-likeness (QED) is 0.682. The number of hydrogen-bond acceptors (Lipinski definition) is 4. The standard InChI is InChI=1S/C23H25N3O3/c24-16-20-7-5-4-6-19(20)10-11-23(28)26-14-12-25(13-15-26)17-21(27)18-29-22-8-2-1-3-9-22/h1-11,21,27H,12-15,17-18H2/p+1. The van der Waals surface area contributed by atoms with E-state index in [0.717, 1.165) is 24.4 Å². The summed E-state index contributed by atoms with van der Waals surface area (Å²) >= 11 is 0. The minimum Gasteiger partial charge on any atom is -0.491 e. The Morgan fingerprint density at radius 3 is 2.59 bits per heavy atom. The molecule has 6 heteroatoms. The van der Waals surface area contributed by atoms with Gasteiger partial charge in [0.2, 0.25) is 5.91 Å². The summed E-state index contributed by atoms with van der Waals surface area (Å²) in [4.78, 5) is 15.5. The van der Waals surface area contributed by atoms with E-state index >= 15 is 0 Å². The van der Waals surface area contributed by atoms with Crippen LogP contribution in [0.15, 0.2) is 60.7 Å². The maximum Gasteiger partial charge on any atom is 0.246 e. The predicted octanol–water partition coefficient (Wildman–Crippen LogP) is 0.738. The molecule has 2 aromatic rings. The molecule has 1 unspecified atom stereocenters. The molecule has 0 bridgehead atoms. The average Bonchev–Trinajstić information content (AvgIpc) is 2.77. The second kappa shape index (κ2) is 10.4. The van der Waals surface area contributed by atoms with E-state index in [1.54, 1.807) is 18.2 Å². The van der Waals surface area contributed by atoms with Gasteiger partial charge in [0.15, 0.2) is 0 Å². The summed E-state index contributed by atoms with van der Waals surface area (Å²) in [5.74, 6) is 0.700. The van der Waals surface area contributed by atoms with Gasteiger partial charge in [-0.2, -0.15) is 5.26 Å². The average molecular weight is 392 g/mol. The normalized spacial score (nSPS) is 15.8. The summed E-state index contributed by atoms with van der Waals surface area (Å²) in [7, 11) is 0. The summed E-state index contributed by atoms with van der Waals surface area (Å²) in [5, 5.41) is 19.4. The summed E-state index contributed by atoms with van der Waals surface area (Å²) in [5.41, 5.74) is 1.30. The van der Waals surface area contributed by atoms with E-state index in [1.807, 2.05) is 47.4 Å². The van der Waals surface area contributed by atoms with E-state index in [1.165, 1.54) is 11.0 Å². The number of nitrogens with zero attached hydrogens (tertiary/aromatic N) is 2. The van der Waals surface area contributed by atoms with E-state index < -0.39 is 6.10 Å². The van der Waals surface area contributed by atoms with Crippen LogP contribution in [0.1, 0.15) is 11.1 Å². The highest BCUT2D eigenvalue weighted by atomic mass is 16.5. The molecule has 1 aliphatic heterocycles. The summed E-state index contributed by atoms with van der Waals surface area (Å²) in [6, 6.07) is 18.8. The summed E-state index contributed by atoms with van der Waals surface area (Å²) in [6.07, 6.45) is 2.68. The third-order valence-electron chi connectivity index (χ3n) is 4.98. The number of hydrogen-bond donors (Lipinski definition) is 2. The van der Waals surface area contributed by atoms with E-state index in [2.05, 4.69) is 6.07 Å². The molecule has 1 saturated heterocycles. The van der Waals surface area contributed by atoms with Crippen molar-refractivity contribution in [1.29, 1.82) is 5.26 Å². The van der Waals surface area contributed by atoms with Gasteiger partial charge in [-0.15, -0.1) is 0 Å². The molecule has 2 N–H and O–H groups in total. The first-order valence-electron chi connectivity index (χ1n) is 9.81. The number of aliphatic hydroxyl groups excluding tert-OH is 1. The fraction of sp³-hybridized carbons (Fsp3) is 0.304. The molecule has 0 radical (unpaired) electrons. The minimum absolute atomic E-state index is 0.0512. The van der Waals surface area contributed by atoms with Gasteiger partial charge >= 0.3 is 0 Å². The predicted molar refractivity (Wildman–Crippen MR) is 110 cm³/mol. The molecule has 1 aliphatic rings. The van der Waals surface area contributed by atoms with Crippen LogP contribution in [0.3, 0.4) is 0 Å². The Morgan fingerprint density at radius 1 is 1.17 bits per heavy atom. The van der Waals surface area contributed by atoms with Gasteiger partial charge in [0, 0.05) is 6.08 Å². The third kappa shape index (κ3) is 6.18. The Balaban J connectivity index is 1.42. The Kier molecular flexibility index (Phi) is 7.40. The molecule has 1 fully saturated rings. The first kappa shape index (κ1) is 20.6. The number of para-hydroxylation sites is 1. The van der Waals surface area contributed by atoms with E-state index in [-0.39, 0.29) is 12.5 Å². The third-order valence-corrected chi connectivity index (χ3v) is 4.98. The highest BCUT2D eigenvalue weighted by Gasteiger charge is 2.24. The van der Waals surface area contributed by atoms with Crippen molar-refractivity contribution in [2.24, 2.45) is 0 Å². The number of piperazine rings is 1. The van der Waals surface area contributed by atoms with Crippen LogP contribution in [-0.2, 0) is 4.79 Å². The van der Waals surface area contributed by atoms with Gasteiger partial charge in [0.1, 0.15) is 25.0 Å². The number of aliphatic hydroxyl groups is 1. The van der Waals surface area contributed by atoms with Crippen molar-refractivity contribution >= 4 is 12.0 Å². The van der Waals surface area contributed by atoms with Gasteiger partial charge in [-0.1, -0.05) is 36.4 Å². The number of quaternary nitrogens is 1. The number of carbonyl (C=O) groups is 1. The Labute approximate surface area is 171 Å². The lowest BCUT2D eigenvalue weighted by atomic mass is 10.1. The Hall–Kier alpha value is -3.14. The smallest absolute Gasteiger partial charge is 0.246 e. The van der Waals surface area contributed by atoms with Crippen LogP contribution in [0.25, 0.3) is 6.08 Å². The van der Waals surface area contributed by atoms with Crippen molar-refractivity contribution in [2.45, 2.75) is 6.10 Å². The van der Waals surface area contributed by atoms with Gasteiger partial charge in [-0.3, -0.25) is 4.79 Å². The Bertz CT molecular complexity index is 868. The monoisotopic (exact) mass is 392 g/mol. The van der Waals surface area contributed by atoms with Crippen LogP contribution in [0.4, 0.5) is 0 Å². The number of nitriles is 1. The second-order valence-electron chi connectivity index (χ2n) is 7.09. The van der Waals surface area contributed by atoms with E-state index in [0.29, 0.717) is 25.2 Å². The largest absolute Gasteiger partial charge is 0.491 e. The molecule has 2 aromatic carbocycles. The molecular formula is C23H26N3O3+. The van der Waals surface area contributed by atoms with Crippen LogP contribution in [0.5, 0.6) is 5.75 Å². The summed E-state index contributed by atoms with van der Waals surface area (Å²) in [6.45, 7) is 3.72. The van der Waals surface area contributed by atoms with Crippen molar-refractivity contribution in [1.82, 2.24) is 4.90 Å². The minimum atomic E-state index is -0.546. The van der Waals surface area contributed by atoms with Gasteiger partial charge in [0.25, 0.3) is 0 Å². The first-order valence-corrected chi connectivity index (χ1v) is 9.81. The van der Waals surface area contributed by atoms with Gasteiger partial charge < -0.3 is 19.6 Å². The van der Waals surface area contributed by atoms with E-state index in [9.17, 15) is 9.90 Å². The molecule has 0 saturated carbocycles. The molecule has 0 aliphatic carbocycles. The van der Waals surface area contributed by atoms with Gasteiger partial charge in [-0.25, -0.2) is 0 Å². The lowest BCUT2D eigenvalue weighted by Gasteiger charge is -2.32. The van der Waals surface area contributed by atoms with Crippen LogP contribution in [0, 0.1) is 11.3 Å². The zero-order valence-electron chi connectivity index (χ0n) is 16.3. The molecule has 6 nitrogen and oxygen atoms in total. The van der Waals surface area contributed by atoms with Crippen molar-refractivity contribution < 1.29 is 19.5 Å². The van der Waals surface area contributed by atoms with Crippen molar-refractivity contribution in [3.05, 3.63) is 71.8 Å². The lowest BCUT2D eigenvalue weighted by Crippen LogP contribution is -3.15. The number of rotatable bonds is 7. The van der Waals surface area contributed by atoms with Crippen molar-refractivity contribution in [2.75, 3.05) is 39.3 Å². The molecule has 1 amide bonds. The lowest BCUT2D eigenvalue weighted by molar-refractivity contribution is -0.907. The molecular weight excluding hydrogens is 366 g/mol. The number of benzene rings is 2. The van der Waals surface area contributed by atoms with Gasteiger partial charge in [0.05, 0.1) is 37.8 Å². The van der Waals surface area contributed by atoms with Crippen LogP contribution < -0.4 is 9.64 Å². The number of amides is 1. The fourth-order valence-electron chi connectivity index (χ4n) is 3.36. The number of nitrogens with one attached hydrogen (secondary N) is 1. The molecule has 0 aromatic heterocycles. The maximum atomic E-state index is 12.4. The van der Waals surface area contributed by atoms with Crippen LogP contribution >= 0.6 is 0 Å². The molecule has 150 valence electrons. The molecule has 3 rings (SSSR count). The van der Waals surface area contributed by atoms with E-state index in [4.69, 9.17) is 10.00 Å². The maximum absolute atomic E-state index is 12.4. The number of carbonyl (C=O) groups excluding carboxylic acids is 1. The Morgan fingerprint density at radius 2 is 1.86 bits per heavy atom. The molecule has 1 atom stereocenters. The molecule has 29 heavy (non-hydrogen) atoms. The topological polar surface area (TPSA) is 78.0 Å². The summed E-state index contributed by atoms with van der Waals surface area (Å²) < 4.78 is 5.60. The zero-order chi connectivity index (χ0) is 20.5. The molecule has 1 heterocycles. The zero-order valence-corrected chi connectivity index (χ0v) is 16.3. The second-order valence-corrected chi connectivity index (χ2v) is 7.09. The SMILES string of the molecule is N#Cc1ccccc1C=CC(=O)N1CC[NH+](CC(O)COc2ccccc2)CC1. The number of ether oxygens (including phenoxy) is 1. The van der Waals surface area contributed by atoms with Crippen molar-refractivity contribution in [3.63, 3.8) is 0 Å².